The molecule has 5 heteroatoms. The van der Waals surface area contributed by atoms with Crippen LogP contribution in [0, 0.1) is 6.92 Å². The molecule has 0 spiro atoms. The summed E-state index contributed by atoms with van der Waals surface area (Å²) in [6.07, 6.45) is 3.09. The third-order valence-electron chi connectivity index (χ3n) is 5.47. The molecule has 5 nitrogen and oxygen atoms in total. The summed E-state index contributed by atoms with van der Waals surface area (Å²) < 4.78 is 6.26. The number of anilines is 4. The minimum absolute atomic E-state index is 0.369. The van der Waals surface area contributed by atoms with Crippen molar-refractivity contribution < 1.29 is 4.74 Å². The second-order valence-electron chi connectivity index (χ2n) is 7.43. The van der Waals surface area contributed by atoms with Crippen LogP contribution in [0.2, 0.25) is 0 Å². The molecule has 1 atom stereocenters. The van der Waals surface area contributed by atoms with Gasteiger partial charge in [-0.05, 0) is 54.8 Å². The topological polar surface area (TPSA) is 41.5 Å². The highest BCUT2D eigenvalue weighted by Gasteiger charge is 2.41. The molecule has 0 amide bonds. The molecule has 154 valence electrons. The maximum atomic E-state index is 6.26. The van der Waals surface area contributed by atoms with Crippen LogP contribution in [0.5, 0.6) is 0 Å². The summed E-state index contributed by atoms with van der Waals surface area (Å²) in [5.41, 5.74) is 5.61. The third kappa shape index (κ3) is 3.43. The quantitative estimate of drug-likeness (QED) is 0.401. The smallest absolute Gasteiger partial charge is 0.221 e. The summed E-state index contributed by atoms with van der Waals surface area (Å²) in [7, 11) is 0. The Morgan fingerprint density at radius 1 is 0.774 bits per heavy atom. The predicted octanol–water partition coefficient (Wildman–Crippen LogP) is 6.06. The number of hydrogen-bond acceptors (Lipinski definition) is 5. The molecule has 0 fully saturated rings. The highest BCUT2D eigenvalue weighted by Crippen LogP contribution is 2.46. The van der Waals surface area contributed by atoms with Crippen molar-refractivity contribution in [2.45, 2.75) is 20.2 Å². The van der Waals surface area contributed by atoms with Gasteiger partial charge in [0.25, 0.3) is 0 Å². The van der Waals surface area contributed by atoms with Gasteiger partial charge in [0.05, 0.1) is 0 Å². The molecule has 0 saturated heterocycles. The van der Waals surface area contributed by atoms with Crippen LogP contribution in [0.15, 0.2) is 91.3 Å². The largest absolute Gasteiger partial charge is 0.340 e. The first-order valence-electron chi connectivity index (χ1n) is 10.5. The van der Waals surface area contributed by atoms with Gasteiger partial charge in [-0.25, -0.2) is 9.97 Å². The molecule has 1 aliphatic heterocycles. The average Bonchev–Trinajstić information content (AvgIpc) is 3.14. The van der Waals surface area contributed by atoms with E-state index in [0.29, 0.717) is 6.61 Å². The van der Waals surface area contributed by atoms with E-state index in [1.165, 1.54) is 11.1 Å². The van der Waals surface area contributed by atoms with Crippen LogP contribution < -0.4 is 9.80 Å². The van der Waals surface area contributed by atoms with E-state index in [9.17, 15) is 0 Å². The fourth-order valence-corrected chi connectivity index (χ4v) is 4.09. The van der Waals surface area contributed by atoms with Crippen molar-refractivity contribution in [1.29, 1.82) is 0 Å². The Morgan fingerprint density at radius 3 is 2.06 bits per heavy atom. The number of nitrogens with zero attached hydrogens (tertiary/aromatic N) is 4. The standard InChI is InChI=1S/C26H24N4O/c1-3-31-26-29(22-12-8-5-9-13-22)24-25(28-17-16-27-24)30(26)23-15-14-21(18-19(23)2)20-10-6-4-7-11-20/h4-18,26H,3H2,1-2H3. The van der Waals surface area contributed by atoms with E-state index >= 15 is 0 Å². The van der Waals surface area contributed by atoms with Gasteiger partial charge in [-0.3, -0.25) is 9.80 Å². The molecule has 0 aliphatic carbocycles. The van der Waals surface area contributed by atoms with E-state index in [2.05, 4.69) is 81.3 Å². The highest BCUT2D eigenvalue weighted by atomic mass is 16.5. The maximum Gasteiger partial charge on any atom is 0.221 e. The van der Waals surface area contributed by atoms with Gasteiger partial charge in [-0.15, -0.1) is 0 Å². The van der Waals surface area contributed by atoms with Crippen molar-refractivity contribution >= 4 is 23.0 Å². The van der Waals surface area contributed by atoms with E-state index in [-0.39, 0.29) is 6.35 Å². The zero-order chi connectivity index (χ0) is 21.2. The minimum Gasteiger partial charge on any atom is -0.340 e. The lowest BCUT2D eigenvalue weighted by Gasteiger charge is -2.32. The van der Waals surface area contributed by atoms with Gasteiger partial charge in [0.1, 0.15) is 0 Å². The van der Waals surface area contributed by atoms with Gasteiger partial charge in [-0.1, -0.05) is 54.6 Å². The van der Waals surface area contributed by atoms with Crippen LogP contribution in [-0.2, 0) is 4.74 Å². The van der Waals surface area contributed by atoms with Gasteiger partial charge < -0.3 is 4.74 Å². The molecule has 4 aromatic rings. The SMILES string of the molecule is CCOC1N(c2ccccc2)c2nccnc2N1c1ccc(-c2ccccc2)cc1C. The summed E-state index contributed by atoms with van der Waals surface area (Å²) in [5, 5.41) is 0. The van der Waals surface area contributed by atoms with Gasteiger partial charge >= 0.3 is 0 Å². The van der Waals surface area contributed by atoms with Crippen LogP contribution >= 0.6 is 0 Å². The number of benzene rings is 3. The number of para-hydroxylation sites is 1. The Kier molecular flexibility index (Phi) is 5.10. The Labute approximate surface area is 182 Å². The van der Waals surface area contributed by atoms with E-state index in [1.54, 1.807) is 12.4 Å². The molecule has 0 N–H and O–H groups in total. The fraction of sp³-hybridized carbons (Fsp3) is 0.154. The van der Waals surface area contributed by atoms with E-state index in [1.807, 2.05) is 31.2 Å². The Bertz CT molecular complexity index is 1180. The van der Waals surface area contributed by atoms with Gasteiger partial charge in [-0.2, -0.15) is 0 Å². The molecule has 31 heavy (non-hydrogen) atoms. The second kappa shape index (κ2) is 8.20. The Hall–Kier alpha value is -3.70. The van der Waals surface area contributed by atoms with Gasteiger partial charge in [0.2, 0.25) is 6.35 Å². The second-order valence-corrected chi connectivity index (χ2v) is 7.43. The first-order valence-corrected chi connectivity index (χ1v) is 10.5. The van der Waals surface area contributed by atoms with Gasteiger partial charge in [0, 0.05) is 30.4 Å². The van der Waals surface area contributed by atoms with Crippen LogP contribution in [-0.4, -0.2) is 22.9 Å². The van der Waals surface area contributed by atoms with Crippen LogP contribution in [0.4, 0.5) is 23.0 Å². The lowest BCUT2D eigenvalue weighted by atomic mass is 10.0. The molecule has 3 aromatic carbocycles. The molecule has 1 aromatic heterocycles. The zero-order valence-electron chi connectivity index (χ0n) is 17.6. The van der Waals surface area contributed by atoms with Crippen molar-refractivity contribution in [2.75, 3.05) is 16.4 Å². The summed E-state index contributed by atoms with van der Waals surface area (Å²) in [4.78, 5) is 13.6. The normalized spacial score (nSPS) is 15.2. The molecular weight excluding hydrogens is 384 g/mol. The highest BCUT2D eigenvalue weighted by molar-refractivity contribution is 5.84. The van der Waals surface area contributed by atoms with Gasteiger partial charge in [0.15, 0.2) is 11.6 Å². The number of hydrogen-bond donors (Lipinski definition) is 0. The lowest BCUT2D eigenvalue weighted by Crippen LogP contribution is -2.41. The summed E-state index contributed by atoms with van der Waals surface area (Å²) >= 11 is 0. The molecule has 2 heterocycles. The number of aromatic nitrogens is 2. The van der Waals surface area contributed by atoms with E-state index in [0.717, 1.165) is 28.6 Å². The average molecular weight is 409 g/mol. The van der Waals surface area contributed by atoms with Crippen LogP contribution in [0.3, 0.4) is 0 Å². The first kappa shape index (κ1) is 19.3. The van der Waals surface area contributed by atoms with Crippen molar-refractivity contribution in [3.8, 4) is 11.1 Å². The van der Waals surface area contributed by atoms with Crippen molar-refractivity contribution in [1.82, 2.24) is 9.97 Å². The predicted molar refractivity (Wildman–Crippen MR) is 125 cm³/mol. The number of rotatable bonds is 5. The molecule has 1 aliphatic rings. The van der Waals surface area contributed by atoms with Crippen molar-refractivity contribution in [2.24, 2.45) is 0 Å². The molecule has 0 saturated carbocycles. The summed E-state index contributed by atoms with van der Waals surface area (Å²) in [6.45, 7) is 4.71. The molecule has 0 bridgehead atoms. The summed E-state index contributed by atoms with van der Waals surface area (Å²) in [5.74, 6) is 1.58. The van der Waals surface area contributed by atoms with Crippen LogP contribution in [0.25, 0.3) is 11.1 Å². The third-order valence-corrected chi connectivity index (χ3v) is 5.47. The van der Waals surface area contributed by atoms with Crippen LogP contribution in [0.1, 0.15) is 12.5 Å². The molecule has 1 unspecified atom stereocenters. The molecular formula is C26H24N4O. The monoisotopic (exact) mass is 408 g/mol. The number of fused-ring (bicyclic) bond motifs is 1. The Balaban J connectivity index is 1.63. The fourth-order valence-electron chi connectivity index (χ4n) is 4.09. The lowest BCUT2D eigenvalue weighted by molar-refractivity contribution is 0.0766. The zero-order valence-corrected chi connectivity index (χ0v) is 17.6. The summed E-state index contributed by atoms with van der Waals surface area (Å²) in [6, 6.07) is 27.1. The maximum absolute atomic E-state index is 6.26. The van der Waals surface area contributed by atoms with E-state index in [4.69, 9.17) is 4.74 Å². The van der Waals surface area contributed by atoms with Crippen molar-refractivity contribution in [3.63, 3.8) is 0 Å². The number of aryl methyl sites for hydroxylation is 1. The van der Waals surface area contributed by atoms with Crippen molar-refractivity contribution in [3.05, 3.63) is 96.8 Å². The molecule has 5 rings (SSSR count). The Morgan fingerprint density at radius 2 is 1.42 bits per heavy atom. The molecule has 0 radical (unpaired) electrons. The van der Waals surface area contributed by atoms with E-state index < -0.39 is 0 Å². The first-order chi connectivity index (χ1) is 15.3. The number of ether oxygens (including phenoxy) is 1. The minimum atomic E-state index is -0.369.